The molecule has 0 saturated heterocycles. The summed E-state index contributed by atoms with van der Waals surface area (Å²) in [6.07, 6.45) is 3.59. The number of ketones is 1. The largest absolute Gasteiger partial charge is 0.453 e. The van der Waals surface area contributed by atoms with Crippen molar-refractivity contribution in [1.29, 1.82) is 0 Å². The Hall–Kier alpha value is -3.26. The molecule has 2 aliphatic rings. The lowest BCUT2D eigenvalue weighted by molar-refractivity contribution is -0.405. The number of nitrogens with two attached hydrogens (primary N) is 2. The monoisotopic (exact) mass is 420 g/mol. The van der Waals surface area contributed by atoms with E-state index in [2.05, 4.69) is 9.98 Å². The fourth-order valence-electron chi connectivity index (χ4n) is 4.20. The predicted octanol–water partition coefficient (Wildman–Crippen LogP) is 1.70. The van der Waals surface area contributed by atoms with Gasteiger partial charge in [-0.25, -0.2) is 9.98 Å². The summed E-state index contributed by atoms with van der Waals surface area (Å²) in [5.74, 6) is 0.840. The fourth-order valence-corrected chi connectivity index (χ4v) is 5.04. The van der Waals surface area contributed by atoms with Crippen LogP contribution in [0.2, 0.25) is 0 Å². The molecule has 8 heteroatoms. The van der Waals surface area contributed by atoms with Crippen molar-refractivity contribution >= 4 is 34.4 Å². The van der Waals surface area contributed by atoms with Gasteiger partial charge in [-0.15, -0.1) is 0 Å². The number of allylic oxidation sites excluding steroid dienone is 2. The molecule has 0 saturated carbocycles. The summed E-state index contributed by atoms with van der Waals surface area (Å²) in [7, 11) is 1.98. The molecule has 1 aliphatic carbocycles. The lowest BCUT2D eigenvalue weighted by Gasteiger charge is -2.26. The summed E-state index contributed by atoms with van der Waals surface area (Å²) in [4.78, 5) is 20.6. The Bertz CT molecular complexity index is 1260. The number of benzene rings is 1. The molecule has 0 spiro atoms. The molecule has 0 radical (unpaired) electrons. The SMILES string of the molecule is Cn1c(Sc2ccc(C3C4=C(CCCC4=O)[NH+]=C(N)/C3=C\N)o2)nc2ccccc21. The second-order valence-corrected chi connectivity index (χ2v) is 8.44. The molecule has 5 N–H and O–H groups in total. The highest BCUT2D eigenvalue weighted by Gasteiger charge is 2.40. The summed E-state index contributed by atoms with van der Waals surface area (Å²) < 4.78 is 8.22. The Morgan fingerprint density at radius 1 is 1.27 bits per heavy atom. The molecule has 0 fully saturated rings. The van der Waals surface area contributed by atoms with Gasteiger partial charge in [0.15, 0.2) is 16.0 Å². The molecule has 7 nitrogen and oxygen atoms in total. The molecule has 1 atom stereocenters. The molecule has 0 amide bonds. The molecular formula is C22H22N5O2S+. The van der Waals surface area contributed by atoms with Gasteiger partial charge >= 0.3 is 0 Å². The topological polar surface area (TPSA) is 114 Å². The first-order valence-corrected chi connectivity index (χ1v) is 10.7. The molecule has 5 rings (SSSR count). The zero-order valence-electron chi connectivity index (χ0n) is 16.5. The van der Waals surface area contributed by atoms with Gasteiger partial charge in [-0.05, 0) is 42.4 Å². The smallest absolute Gasteiger partial charge is 0.276 e. The van der Waals surface area contributed by atoms with Gasteiger partial charge in [0.1, 0.15) is 11.5 Å². The first kappa shape index (κ1) is 18.7. The molecule has 1 unspecified atom stereocenters. The average Bonchev–Trinajstić information content (AvgIpc) is 3.32. The van der Waals surface area contributed by atoms with E-state index in [0.717, 1.165) is 34.7 Å². The van der Waals surface area contributed by atoms with E-state index in [4.69, 9.17) is 15.9 Å². The highest BCUT2D eigenvalue weighted by molar-refractivity contribution is 7.99. The number of hydrogen-bond acceptors (Lipinski definition) is 6. The van der Waals surface area contributed by atoms with Crippen LogP contribution in [0.3, 0.4) is 0 Å². The normalized spacial score (nSPS) is 20.7. The molecule has 1 aliphatic heterocycles. The molecule has 3 heterocycles. The maximum absolute atomic E-state index is 12.7. The van der Waals surface area contributed by atoms with Crippen molar-refractivity contribution in [1.82, 2.24) is 9.55 Å². The number of carbonyl (C=O) groups is 1. The Balaban J connectivity index is 1.52. The van der Waals surface area contributed by atoms with Crippen LogP contribution < -0.4 is 16.5 Å². The number of hydrogen-bond donors (Lipinski definition) is 3. The number of aromatic nitrogens is 2. The van der Waals surface area contributed by atoms with E-state index in [-0.39, 0.29) is 5.78 Å². The zero-order valence-corrected chi connectivity index (χ0v) is 17.3. The predicted molar refractivity (Wildman–Crippen MR) is 115 cm³/mol. The molecule has 2 aromatic heterocycles. The van der Waals surface area contributed by atoms with Crippen molar-refractivity contribution in [3.63, 3.8) is 0 Å². The van der Waals surface area contributed by atoms with Gasteiger partial charge in [0, 0.05) is 26.1 Å². The van der Waals surface area contributed by atoms with Gasteiger partial charge in [-0.1, -0.05) is 12.1 Å². The van der Waals surface area contributed by atoms with E-state index in [1.165, 1.54) is 18.0 Å². The van der Waals surface area contributed by atoms with Crippen molar-refractivity contribution in [2.75, 3.05) is 0 Å². The van der Waals surface area contributed by atoms with Crippen LogP contribution in [0, 0.1) is 0 Å². The third-order valence-electron chi connectivity index (χ3n) is 5.66. The van der Waals surface area contributed by atoms with Gasteiger partial charge < -0.3 is 14.7 Å². The van der Waals surface area contributed by atoms with E-state index in [9.17, 15) is 4.79 Å². The second kappa shape index (κ2) is 7.21. The van der Waals surface area contributed by atoms with Crippen LogP contribution in [0.5, 0.6) is 0 Å². The Labute approximate surface area is 177 Å². The number of Topliss-reactive ketones (excluding diaryl/α,β-unsaturated/α-hetero) is 1. The molecule has 152 valence electrons. The highest BCUT2D eigenvalue weighted by atomic mass is 32.2. The minimum atomic E-state index is -0.395. The summed E-state index contributed by atoms with van der Waals surface area (Å²) in [5.41, 5.74) is 16.3. The van der Waals surface area contributed by atoms with Gasteiger partial charge in [-0.2, -0.15) is 0 Å². The van der Waals surface area contributed by atoms with Crippen LogP contribution in [0.15, 0.2) is 74.1 Å². The van der Waals surface area contributed by atoms with E-state index in [0.29, 0.717) is 34.3 Å². The lowest BCUT2D eigenvalue weighted by Crippen LogP contribution is -2.77. The van der Waals surface area contributed by atoms with Crippen LogP contribution >= 0.6 is 11.8 Å². The Morgan fingerprint density at radius 2 is 2.10 bits per heavy atom. The lowest BCUT2D eigenvalue weighted by atomic mass is 9.78. The number of amidine groups is 1. The molecule has 3 aromatic rings. The number of nitrogens with one attached hydrogen (secondary N) is 1. The number of carbonyl (C=O) groups excluding carboxylic acids is 1. The van der Waals surface area contributed by atoms with Gasteiger partial charge in [0.2, 0.25) is 0 Å². The van der Waals surface area contributed by atoms with E-state index in [1.807, 2.05) is 48.0 Å². The van der Waals surface area contributed by atoms with Crippen LogP contribution in [0.25, 0.3) is 11.0 Å². The van der Waals surface area contributed by atoms with Crippen LogP contribution in [-0.4, -0.2) is 21.2 Å². The van der Waals surface area contributed by atoms with E-state index >= 15 is 0 Å². The number of furan rings is 1. The maximum Gasteiger partial charge on any atom is 0.276 e. The van der Waals surface area contributed by atoms with Gasteiger partial charge in [0.05, 0.1) is 28.1 Å². The summed E-state index contributed by atoms with van der Waals surface area (Å²) in [6, 6.07) is 11.8. The van der Waals surface area contributed by atoms with Crippen molar-refractivity contribution in [2.24, 2.45) is 18.5 Å². The minimum Gasteiger partial charge on any atom is -0.453 e. The standard InChI is InChI=1S/C22H21N5O2S/c1-27-15-7-3-2-5-13(15)26-22(27)30-18-10-9-17(29-18)19-12(11-23)21(24)25-14-6-4-8-16(28)20(14)19/h2-3,5,7,9-11,19H,4,6,8,23H2,1H3,(H2,24,25)/p+1/b12-11-. The van der Waals surface area contributed by atoms with E-state index < -0.39 is 5.92 Å². The first-order valence-electron chi connectivity index (χ1n) is 9.83. The molecule has 0 bridgehead atoms. The maximum atomic E-state index is 12.7. The number of aryl methyl sites for hydroxylation is 1. The minimum absolute atomic E-state index is 0.113. The van der Waals surface area contributed by atoms with Gasteiger partial charge in [-0.3, -0.25) is 10.5 Å². The van der Waals surface area contributed by atoms with E-state index in [1.54, 1.807) is 0 Å². The molecule has 1 aromatic carbocycles. The zero-order chi connectivity index (χ0) is 20.8. The van der Waals surface area contributed by atoms with Crippen LogP contribution in [0.1, 0.15) is 30.9 Å². The number of imidazole rings is 1. The van der Waals surface area contributed by atoms with Crippen LogP contribution in [-0.2, 0) is 11.8 Å². The van der Waals surface area contributed by atoms with Crippen molar-refractivity contribution in [3.05, 3.63) is 65.2 Å². The van der Waals surface area contributed by atoms with Crippen molar-refractivity contribution in [3.8, 4) is 0 Å². The highest BCUT2D eigenvalue weighted by Crippen LogP contribution is 2.40. The number of para-hydroxylation sites is 2. The third-order valence-corrected chi connectivity index (χ3v) is 6.62. The molecular weight excluding hydrogens is 398 g/mol. The first-order chi connectivity index (χ1) is 14.6. The number of fused-ring (bicyclic) bond motifs is 1. The Morgan fingerprint density at radius 3 is 2.90 bits per heavy atom. The van der Waals surface area contributed by atoms with Crippen molar-refractivity contribution in [2.45, 2.75) is 35.4 Å². The number of nitrogens with zero attached hydrogens (tertiary/aromatic N) is 2. The third kappa shape index (κ3) is 2.95. The van der Waals surface area contributed by atoms with Gasteiger partial charge in [0.25, 0.3) is 5.84 Å². The molecule has 30 heavy (non-hydrogen) atoms. The number of rotatable bonds is 3. The Kier molecular flexibility index (Phi) is 4.51. The van der Waals surface area contributed by atoms with Crippen LogP contribution in [0.4, 0.5) is 0 Å². The summed E-state index contributed by atoms with van der Waals surface area (Å²) in [5, 5.41) is 1.53. The average molecular weight is 421 g/mol. The van der Waals surface area contributed by atoms with Crippen molar-refractivity contribution < 1.29 is 14.2 Å². The quantitative estimate of drug-likeness (QED) is 0.594. The fraction of sp³-hybridized carbons (Fsp3) is 0.227. The summed E-state index contributed by atoms with van der Waals surface area (Å²) >= 11 is 1.44. The summed E-state index contributed by atoms with van der Waals surface area (Å²) in [6.45, 7) is 0. The second-order valence-electron chi connectivity index (χ2n) is 7.46.